The summed E-state index contributed by atoms with van der Waals surface area (Å²) in [6.45, 7) is 1.13. The first-order chi connectivity index (χ1) is 6.75. The summed E-state index contributed by atoms with van der Waals surface area (Å²) in [5, 5.41) is 15.8. The van der Waals surface area contributed by atoms with E-state index in [1.165, 1.54) is 0 Å². The second-order valence-corrected chi connectivity index (χ2v) is 3.54. The SMILES string of the molecule is O=C(Cc1ccn[nH]1)N1CCC(O)C1. The lowest BCUT2D eigenvalue weighted by molar-refractivity contribution is -0.129. The zero-order valence-electron chi connectivity index (χ0n) is 7.81. The van der Waals surface area contributed by atoms with Crippen molar-refractivity contribution in [2.24, 2.45) is 0 Å². The third-order valence-electron chi connectivity index (χ3n) is 2.42. The Kier molecular flexibility index (Phi) is 2.49. The molecule has 0 spiro atoms. The van der Waals surface area contributed by atoms with Crippen LogP contribution in [0.15, 0.2) is 12.3 Å². The van der Waals surface area contributed by atoms with Gasteiger partial charge in [0.25, 0.3) is 0 Å². The van der Waals surface area contributed by atoms with Crippen LogP contribution in [0.5, 0.6) is 0 Å². The average Bonchev–Trinajstić information content (AvgIpc) is 2.75. The first kappa shape index (κ1) is 9.21. The number of hydrogen-bond donors (Lipinski definition) is 2. The lowest BCUT2D eigenvalue weighted by atomic mass is 10.3. The van der Waals surface area contributed by atoms with E-state index < -0.39 is 0 Å². The number of likely N-dealkylation sites (tertiary alicyclic amines) is 1. The van der Waals surface area contributed by atoms with Crippen LogP contribution in [0.3, 0.4) is 0 Å². The molecule has 1 aromatic rings. The number of aromatic amines is 1. The highest BCUT2D eigenvalue weighted by atomic mass is 16.3. The zero-order valence-corrected chi connectivity index (χ0v) is 7.81. The molecule has 1 aromatic heterocycles. The fraction of sp³-hybridized carbons (Fsp3) is 0.556. The number of aliphatic hydroxyl groups is 1. The Bertz CT molecular complexity index is 310. The first-order valence-corrected chi connectivity index (χ1v) is 4.70. The molecule has 1 unspecified atom stereocenters. The summed E-state index contributed by atoms with van der Waals surface area (Å²) in [7, 11) is 0. The van der Waals surface area contributed by atoms with Gasteiger partial charge in [-0.15, -0.1) is 0 Å². The number of nitrogens with one attached hydrogen (secondary N) is 1. The van der Waals surface area contributed by atoms with Gasteiger partial charge in [-0.1, -0.05) is 0 Å². The van der Waals surface area contributed by atoms with E-state index in [1.54, 1.807) is 17.2 Å². The van der Waals surface area contributed by atoms with E-state index in [2.05, 4.69) is 10.2 Å². The maximum absolute atomic E-state index is 11.6. The fourth-order valence-corrected chi connectivity index (χ4v) is 1.63. The van der Waals surface area contributed by atoms with Crippen molar-refractivity contribution >= 4 is 5.91 Å². The third-order valence-corrected chi connectivity index (χ3v) is 2.42. The molecule has 76 valence electrons. The summed E-state index contributed by atoms with van der Waals surface area (Å²) in [6.07, 6.45) is 2.31. The van der Waals surface area contributed by atoms with E-state index in [4.69, 9.17) is 0 Å². The predicted octanol–water partition coefficient (Wildman–Crippen LogP) is -0.455. The van der Waals surface area contributed by atoms with Gasteiger partial charge >= 0.3 is 0 Å². The molecule has 0 saturated carbocycles. The number of carbonyl (C=O) groups excluding carboxylic acids is 1. The molecule has 1 saturated heterocycles. The minimum absolute atomic E-state index is 0.0470. The highest BCUT2D eigenvalue weighted by Crippen LogP contribution is 2.10. The summed E-state index contributed by atoms with van der Waals surface area (Å²) < 4.78 is 0. The molecule has 0 bridgehead atoms. The van der Waals surface area contributed by atoms with Crippen LogP contribution in [0.4, 0.5) is 0 Å². The summed E-state index contributed by atoms with van der Waals surface area (Å²) in [4.78, 5) is 13.3. The third kappa shape index (κ3) is 1.93. The van der Waals surface area contributed by atoms with Gasteiger partial charge in [0.1, 0.15) is 0 Å². The number of hydrogen-bond acceptors (Lipinski definition) is 3. The number of carbonyl (C=O) groups is 1. The van der Waals surface area contributed by atoms with E-state index in [0.717, 1.165) is 5.69 Å². The molecule has 0 radical (unpaired) electrons. The van der Waals surface area contributed by atoms with E-state index >= 15 is 0 Å². The molecule has 0 aliphatic carbocycles. The maximum Gasteiger partial charge on any atom is 0.228 e. The smallest absolute Gasteiger partial charge is 0.228 e. The minimum Gasteiger partial charge on any atom is -0.391 e. The molecule has 1 aliphatic heterocycles. The van der Waals surface area contributed by atoms with Crippen LogP contribution < -0.4 is 0 Å². The summed E-state index contributed by atoms with van der Waals surface area (Å²) in [6, 6.07) is 1.78. The number of amides is 1. The van der Waals surface area contributed by atoms with Crippen LogP contribution in [0.1, 0.15) is 12.1 Å². The van der Waals surface area contributed by atoms with Crippen LogP contribution in [-0.4, -0.2) is 45.3 Å². The molecule has 1 amide bonds. The Morgan fingerprint density at radius 3 is 3.21 bits per heavy atom. The zero-order chi connectivity index (χ0) is 9.97. The summed E-state index contributed by atoms with van der Waals surface area (Å²) in [5.41, 5.74) is 0.816. The predicted molar refractivity (Wildman–Crippen MR) is 49.5 cm³/mol. The maximum atomic E-state index is 11.6. The number of β-amino-alcohol motifs (C(OH)–C–C–N with tert-alkyl or cyclic N) is 1. The van der Waals surface area contributed by atoms with Gasteiger partial charge in [0.2, 0.25) is 5.91 Å². The number of nitrogens with zero attached hydrogens (tertiary/aromatic N) is 2. The monoisotopic (exact) mass is 195 g/mol. The molecule has 5 heteroatoms. The van der Waals surface area contributed by atoms with Crippen molar-refractivity contribution in [3.8, 4) is 0 Å². The van der Waals surface area contributed by atoms with E-state index in [1.807, 2.05) is 0 Å². The second kappa shape index (κ2) is 3.79. The highest BCUT2D eigenvalue weighted by molar-refractivity contribution is 5.78. The van der Waals surface area contributed by atoms with Gasteiger partial charge in [-0.05, 0) is 12.5 Å². The van der Waals surface area contributed by atoms with E-state index in [9.17, 15) is 9.90 Å². The van der Waals surface area contributed by atoms with Crippen molar-refractivity contribution < 1.29 is 9.90 Å². The van der Waals surface area contributed by atoms with Crippen molar-refractivity contribution in [1.29, 1.82) is 0 Å². The number of rotatable bonds is 2. The lowest BCUT2D eigenvalue weighted by Crippen LogP contribution is -2.30. The molecule has 1 aliphatic rings. The van der Waals surface area contributed by atoms with E-state index in [0.29, 0.717) is 25.9 Å². The molecule has 2 N–H and O–H groups in total. The van der Waals surface area contributed by atoms with Crippen molar-refractivity contribution in [3.63, 3.8) is 0 Å². The van der Waals surface area contributed by atoms with Crippen LogP contribution in [0.25, 0.3) is 0 Å². The summed E-state index contributed by atoms with van der Waals surface area (Å²) in [5.74, 6) is 0.0470. The molecule has 1 atom stereocenters. The summed E-state index contributed by atoms with van der Waals surface area (Å²) >= 11 is 0. The van der Waals surface area contributed by atoms with E-state index in [-0.39, 0.29) is 12.0 Å². The lowest BCUT2D eigenvalue weighted by Gasteiger charge is -2.14. The normalized spacial score (nSPS) is 21.5. The van der Waals surface area contributed by atoms with Crippen molar-refractivity contribution in [2.75, 3.05) is 13.1 Å². The average molecular weight is 195 g/mol. The molecule has 2 heterocycles. The molecule has 0 aromatic carbocycles. The standard InChI is InChI=1S/C9H13N3O2/c13-8-2-4-12(6-8)9(14)5-7-1-3-10-11-7/h1,3,8,13H,2,4-6H2,(H,10,11). The quantitative estimate of drug-likeness (QED) is 0.671. The number of aliphatic hydroxyl groups excluding tert-OH is 1. The van der Waals surface area contributed by atoms with Crippen LogP contribution in [-0.2, 0) is 11.2 Å². The molecule has 2 rings (SSSR count). The van der Waals surface area contributed by atoms with Crippen LogP contribution in [0.2, 0.25) is 0 Å². The molecule has 1 fully saturated rings. The van der Waals surface area contributed by atoms with Gasteiger partial charge in [0.05, 0.1) is 12.5 Å². The van der Waals surface area contributed by atoms with Gasteiger partial charge in [0, 0.05) is 25.0 Å². The van der Waals surface area contributed by atoms with Crippen LogP contribution in [0, 0.1) is 0 Å². The van der Waals surface area contributed by atoms with Crippen molar-refractivity contribution in [1.82, 2.24) is 15.1 Å². The Morgan fingerprint density at radius 2 is 2.64 bits per heavy atom. The first-order valence-electron chi connectivity index (χ1n) is 4.70. The Hall–Kier alpha value is -1.36. The fourth-order valence-electron chi connectivity index (χ4n) is 1.63. The number of H-pyrrole nitrogens is 1. The van der Waals surface area contributed by atoms with Gasteiger partial charge in [-0.25, -0.2) is 0 Å². The highest BCUT2D eigenvalue weighted by Gasteiger charge is 2.24. The molecular weight excluding hydrogens is 182 g/mol. The van der Waals surface area contributed by atoms with Gasteiger partial charge in [-0.3, -0.25) is 9.89 Å². The van der Waals surface area contributed by atoms with Crippen molar-refractivity contribution in [3.05, 3.63) is 18.0 Å². The second-order valence-electron chi connectivity index (χ2n) is 3.54. The molecular formula is C9H13N3O2. The van der Waals surface area contributed by atoms with Gasteiger partial charge < -0.3 is 10.0 Å². The topological polar surface area (TPSA) is 69.2 Å². The number of aromatic nitrogens is 2. The molecule has 14 heavy (non-hydrogen) atoms. The van der Waals surface area contributed by atoms with Crippen LogP contribution >= 0.6 is 0 Å². The Morgan fingerprint density at radius 1 is 1.79 bits per heavy atom. The molecule has 5 nitrogen and oxygen atoms in total. The largest absolute Gasteiger partial charge is 0.391 e. The van der Waals surface area contributed by atoms with Gasteiger partial charge in [0.15, 0.2) is 0 Å². The minimum atomic E-state index is -0.347. The van der Waals surface area contributed by atoms with Gasteiger partial charge in [-0.2, -0.15) is 5.10 Å². The van der Waals surface area contributed by atoms with Crippen molar-refractivity contribution in [2.45, 2.75) is 18.9 Å². The Balaban J connectivity index is 1.90. The Labute approximate surface area is 81.7 Å².